The van der Waals surface area contributed by atoms with Crippen molar-refractivity contribution in [3.63, 3.8) is 0 Å². The molecule has 0 radical (unpaired) electrons. The van der Waals surface area contributed by atoms with E-state index in [2.05, 4.69) is 27.2 Å². The molecule has 0 amide bonds. The number of rotatable bonds is 8. The van der Waals surface area contributed by atoms with Gasteiger partial charge in [0.05, 0.1) is 7.11 Å². The minimum atomic E-state index is -0.452. The number of anilines is 1. The third kappa shape index (κ3) is 3.92. The van der Waals surface area contributed by atoms with Crippen molar-refractivity contribution in [1.82, 2.24) is 15.3 Å². The molecular weight excluding hydrogens is 282 g/mol. The molecule has 1 atom stereocenters. The highest BCUT2D eigenvalue weighted by molar-refractivity contribution is 6.28. The van der Waals surface area contributed by atoms with Gasteiger partial charge in [0, 0.05) is 12.8 Å². The average molecular weight is 298 g/mol. The monoisotopic (exact) mass is 297 g/mol. The maximum absolute atomic E-state index is 11.4. The van der Waals surface area contributed by atoms with Gasteiger partial charge in [-0.3, -0.25) is 4.79 Å². The number of halogens is 1. The number of hydrogen-bond donors (Lipinski definition) is 3. The minimum Gasteiger partial charge on any atom is -0.479 e. The summed E-state index contributed by atoms with van der Waals surface area (Å²) >= 11 is 5.73. The van der Waals surface area contributed by atoms with Crippen LogP contribution in [0.15, 0.2) is 12.8 Å². The molecule has 7 nitrogen and oxygen atoms in total. The lowest BCUT2D eigenvalue weighted by Crippen LogP contribution is -2.38. The summed E-state index contributed by atoms with van der Waals surface area (Å²) in [7, 11) is 1.43. The summed E-state index contributed by atoms with van der Waals surface area (Å²) in [5.41, 5.74) is 0.687. The third-order valence-corrected chi connectivity index (χ3v) is 2.67. The van der Waals surface area contributed by atoms with E-state index in [0.717, 1.165) is 6.21 Å². The highest BCUT2D eigenvalue weighted by atomic mass is 35.5. The van der Waals surface area contributed by atoms with E-state index in [0.29, 0.717) is 5.69 Å². The molecule has 0 spiro atoms. The van der Waals surface area contributed by atoms with Crippen molar-refractivity contribution in [2.75, 3.05) is 19.0 Å². The number of carbonyl (C=O) groups is 1. The predicted molar refractivity (Wildman–Crippen MR) is 77.8 cm³/mol. The van der Waals surface area contributed by atoms with Gasteiger partial charge in [-0.25, -0.2) is 4.98 Å². The molecule has 0 aromatic carbocycles. The average Bonchev–Trinajstić information content (AvgIpc) is 2.43. The predicted octanol–water partition coefficient (Wildman–Crippen LogP) is 1.24. The fraction of sp³-hybridized carbons (Fsp3) is 0.333. The number of nitrogens with zero attached hydrogens (tertiary/aromatic N) is 2. The van der Waals surface area contributed by atoms with Crippen LogP contribution in [0.3, 0.4) is 0 Å². The zero-order valence-corrected chi connectivity index (χ0v) is 12.0. The van der Waals surface area contributed by atoms with Crippen LogP contribution in [-0.4, -0.2) is 41.7 Å². The van der Waals surface area contributed by atoms with Crippen LogP contribution in [0, 0.1) is 5.41 Å². The van der Waals surface area contributed by atoms with Gasteiger partial charge in [-0.15, -0.1) is 0 Å². The number of carbonyl (C=O) groups excluding carboxylic acids is 1. The van der Waals surface area contributed by atoms with Crippen LogP contribution in [0.25, 0.3) is 0 Å². The quantitative estimate of drug-likeness (QED) is 0.493. The topological polar surface area (TPSA) is 100.0 Å². The van der Waals surface area contributed by atoms with E-state index < -0.39 is 6.04 Å². The van der Waals surface area contributed by atoms with Gasteiger partial charge in [-0.1, -0.05) is 6.58 Å². The summed E-state index contributed by atoms with van der Waals surface area (Å²) in [5.74, 6) is 0.159. The van der Waals surface area contributed by atoms with Crippen molar-refractivity contribution in [3.8, 4) is 5.88 Å². The van der Waals surface area contributed by atoms with E-state index >= 15 is 0 Å². The Labute approximate surface area is 121 Å². The first-order valence-corrected chi connectivity index (χ1v) is 6.14. The highest BCUT2D eigenvalue weighted by Crippen LogP contribution is 2.25. The van der Waals surface area contributed by atoms with Crippen molar-refractivity contribution in [3.05, 3.63) is 23.8 Å². The molecule has 0 saturated heterocycles. The lowest BCUT2D eigenvalue weighted by molar-refractivity contribution is -0.118. The van der Waals surface area contributed by atoms with Crippen LogP contribution >= 0.6 is 11.6 Å². The number of nitrogens with one attached hydrogen (secondary N) is 3. The molecule has 20 heavy (non-hydrogen) atoms. The summed E-state index contributed by atoms with van der Waals surface area (Å²) < 4.78 is 5.09. The number of aromatic nitrogens is 2. The van der Waals surface area contributed by atoms with Crippen molar-refractivity contribution < 1.29 is 9.53 Å². The lowest BCUT2D eigenvalue weighted by atomic mass is 10.2. The van der Waals surface area contributed by atoms with Crippen LogP contribution in [-0.2, 0) is 4.79 Å². The Morgan fingerprint density at radius 3 is 2.80 bits per heavy atom. The van der Waals surface area contributed by atoms with E-state index in [9.17, 15) is 4.79 Å². The summed E-state index contributed by atoms with van der Waals surface area (Å²) in [5, 5.41) is 13.1. The van der Waals surface area contributed by atoms with Crippen LogP contribution in [0.5, 0.6) is 5.88 Å². The first-order valence-electron chi connectivity index (χ1n) is 5.76. The van der Waals surface area contributed by atoms with Crippen molar-refractivity contribution in [2.24, 2.45) is 0 Å². The zero-order valence-electron chi connectivity index (χ0n) is 11.2. The molecule has 0 aliphatic rings. The fourth-order valence-electron chi connectivity index (χ4n) is 1.51. The van der Waals surface area contributed by atoms with Crippen LogP contribution in [0.4, 0.5) is 5.69 Å². The first-order chi connectivity index (χ1) is 9.53. The molecule has 0 aliphatic carbocycles. The van der Waals surface area contributed by atoms with E-state index in [4.69, 9.17) is 21.7 Å². The Bertz CT molecular complexity index is 521. The maximum Gasteiger partial charge on any atom is 0.242 e. The van der Waals surface area contributed by atoms with Gasteiger partial charge in [0.2, 0.25) is 11.2 Å². The second-order valence-corrected chi connectivity index (χ2v) is 4.16. The molecule has 1 aromatic rings. The second-order valence-electron chi connectivity index (χ2n) is 3.82. The van der Waals surface area contributed by atoms with E-state index in [1.807, 2.05) is 0 Å². The molecular formula is C12H16ClN5O2. The van der Waals surface area contributed by atoms with Crippen LogP contribution in [0.1, 0.15) is 12.6 Å². The lowest BCUT2D eigenvalue weighted by Gasteiger charge is -2.17. The maximum atomic E-state index is 11.4. The second kappa shape index (κ2) is 7.44. The molecule has 3 N–H and O–H groups in total. The molecule has 1 rings (SSSR count). The van der Waals surface area contributed by atoms with Gasteiger partial charge < -0.3 is 20.8 Å². The largest absolute Gasteiger partial charge is 0.479 e. The summed E-state index contributed by atoms with van der Waals surface area (Å²) in [6, 6.07) is -0.452. The number of Topliss-reactive ketones (excluding diaryl/α,β-unsaturated/α-hetero) is 1. The number of methoxy groups -OCH3 is 1. The SMILES string of the molecule is C=CNC(CNc1c(C=N)nc(Cl)nc1OC)C(C)=O. The van der Waals surface area contributed by atoms with Crippen LogP contribution in [0.2, 0.25) is 5.28 Å². The Morgan fingerprint density at radius 1 is 1.60 bits per heavy atom. The molecule has 8 heteroatoms. The van der Waals surface area contributed by atoms with E-state index in [-0.39, 0.29) is 29.2 Å². The number of hydrogen-bond acceptors (Lipinski definition) is 7. The fourth-order valence-corrected chi connectivity index (χ4v) is 1.68. The van der Waals surface area contributed by atoms with Crippen LogP contribution < -0.4 is 15.4 Å². The Balaban J connectivity index is 2.98. The van der Waals surface area contributed by atoms with Gasteiger partial charge in [-0.2, -0.15) is 4.98 Å². The van der Waals surface area contributed by atoms with Gasteiger partial charge >= 0.3 is 0 Å². The normalized spacial score (nSPS) is 11.3. The van der Waals surface area contributed by atoms with Gasteiger partial charge in [-0.05, 0) is 24.7 Å². The molecule has 0 aliphatic heterocycles. The molecule has 1 aromatic heterocycles. The summed E-state index contributed by atoms with van der Waals surface area (Å²) in [6.45, 7) is 5.26. The van der Waals surface area contributed by atoms with E-state index in [1.165, 1.54) is 20.2 Å². The Hall–Kier alpha value is -2.15. The standard InChI is InChI=1S/C12H16ClN5O2/c1-4-15-9(7(2)19)6-16-10-8(5-14)17-12(13)18-11(10)20-3/h4-5,9,14-16H,1,6H2,2-3H3. The van der Waals surface area contributed by atoms with Gasteiger partial charge in [0.25, 0.3) is 0 Å². The number of ketones is 1. The van der Waals surface area contributed by atoms with Crippen molar-refractivity contribution in [2.45, 2.75) is 13.0 Å². The minimum absolute atomic E-state index is 0.0155. The molecule has 0 bridgehead atoms. The van der Waals surface area contributed by atoms with Gasteiger partial charge in [0.15, 0.2) is 5.78 Å². The smallest absolute Gasteiger partial charge is 0.242 e. The first kappa shape index (κ1) is 15.9. The molecule has 108 valence electrons. The molecule has 0 saturated carbocycles. The molecule has 1 heterocycles. The molecule has 0 fully saturated rings. The zero-order chi connectivity index (χ0) is 15.1. The van der Waals surface area contributed by atoms with Crippen molar-refractivity contribution in [1.29, 1.82) is 5.41 Å². The Morgan fingerprint density at radius 2 is 2.30 bits per heavy atom. The third-order valence-electron chi connectivity index (χ3n) is 2.50. The Kier molecular flexibility index (Phi) is 5.92. The molecule has 1 unspecified atom stereocenters. The van der Waals surface area contributed by atoms with E-state index in [1.54, 1.807) is 0 Å². The van der Waals surface area contributed by atoms with Gasteiger partial charge in [0.1, 0.15) is 17.4 Å². The number of ether oxygens (including phenoxy) is 1. The van der Waals surface area contributed by atoms with Crippen molar-refractivity contribution >= 4 is 29.3 Å². The highest BCUT2D eigenvalue weighted by Gasteiger charge is 2.17. The summed E-state index contributed by atoms with van der Waals surface area (Å²) in [6.07, 6.45) is 2.48. The summed E-state index contributed by atoms with van der Waals surface area (Å²) in [4.78, 5) is 19.3.